The van der Waals surface area contributed by atoms with Crippen LogP contribution < -0.4 is 4.90 Å². The van der Waals surface area contributed by atoms with Crippen LogP contribution in [0.2, 0.25) is 0 Å². The first-order valence-corrected chi connectivity index (χ1v) is 7.86. The topological polar surface area (TPSA) is 20.3 Å². The van der Waals surface area contributed by atoms with E-state index >= 15 is 0 Å². The van der Waals surface area contributed by atoms with Crippen molar-refractivity contribution < 1.29 is 9.18 Å². The van der Waals surface area contributed by atoms with E-state index in [0.717, 1.165) is 29.0 Å². The standard InChI is InChI=1S/C17H16FNOS/c1-12-4-5-13-11-14(18)6-8-16(13)19(12)17(20)9-7-15-3-2-10-21-15/h2-3,6-12H,4-5H2,1H3/b9-7+/t12-/m0/s1. The van der Waals surface area contributed by atoms with Gasteiger partial charge >= 0.3 is 0 Å². The van der Waals surface area contributed by atoms with Gasteiger partial charge in [0.05, 0.1) is 0 Å². The van der Waals surface area contributed by atoms with Gasteiger partial charge in [-0.15, -0.1) is 11.3 Å². The Kier molecular flexibility index (Phi) is 3.88. The molecule has 1 aliphatic rings. The third-order valence-electron chi connectivity index (χ3n) is 3.74. The summed E-state index contributed by atoms with van der Waals surface area (Å²) in [5, 5.41) is 1.98. The molecule has 21 heavy (non-hydrogen) atoms. The number of carbonyl (C=O) groups excluding carboxylic acids is 1. The van der Waals surface area contributed by atoms with Gasteiger partial charge in [0, 0.05) is 22.7 Å². The first-order valence-electron chi connectivity index (χ1n) is 6.98. The minimum absolute atomic E-state index is 0.0524. The predicted molar refractivity (Wildman–Crippen MR) is 85.0 cm³/mol. The molecule has 1 aliphatic heterocycles. The van der Waals surface area contributed by atoms with Crippen LogP contribution in [-0.2, 0) is 11.2 Å². The molecule has 0 fully saturated rings. The highest BCUT2D eigenvalue weighted by Crippen LogP contribution is 2.31. The average molecular weight is 301 g/mol. The number of benzene rings is 1. The number of amides is 1. The van der Waals surface area contributed by atoms with E-state index in [9.17, 15) is 9.18 Å². The molecule has 0 spiro atoms. The van der Waals surface area contributed by atoms with Crippen molar-refractivity contribution in [3.63, 3.8) is 0 Å². The van der Waals surface area contributed by atoms with E-state index < -0.39 is 0 Å². The van der Waals surface area contributed by atoms with Crippen molar-refractivity contribution in [2.24, 2.45) is 0 Å². The van der Waals surface area contributed by atoms with Gasteiger partial charge in [-0.2, -0.15) is 0 Å². The molecule has 1 amide bonds. The molecule has 0 saturated heterocycles. The summed E-state index contributed by atoms with van der Waals surface area (Å²) in [6, 6.07) is 8.71. The van der Waals surface area contributed by atoms with Gasteiger partial charge in [-0.3, -0.25) is 4.79 Å². The van der Waals surface area contributed by atoms with Crippen LogP contribution in [0.5, 0.6) is 0 Å². The fourth-order valence-electron chi connectivity index (χ4n) is 2.68. The molecule has 108 valence electrons. The predicted octanol–water partition coefficient (Wildman–Crippen LogP) is 4.27. The van der Waals surface area contributed by atoms with Gasteiger partial charge in [0.1, 0.15) is 5.82 Å². The van der Waals surface area contributed by atoms with Gasteiger partial charge in [0.15, 0.2) is 0 Å². The summed E-state index contributed by atoms with van der Waals surface area (Å²) >= 11 is 1.59. The van der Waals surface area contributed by atoms with Crippen molar-refractivity contribution >= 4 is 29.0 Å². The smallest absolute Gasteiger partial charge is 0.251 e. The highest BCUT2D eigenvalue weighted by molar-refractivity contribution is 7.10. The molecule has 2 nitrogen and oxygen atoms in total. The summed E-state index contributed by atoms with van der Waals surface area (Å²) in [5.74, 6) is -0.298. The third-order valence-corrected chi connectivity index (χ3v) is 4.58. The zero-order valence-corrected chi connectivity index (χ0v) is 12.6. The van der Waals surface area contributed by atoms with E-state index in [4.69, 9.17) is 0 Å². The maximum absolute atomic E-state index is 13.3. The summed E-state index contributed by atoms with van der Waals surface area (Å²) in [6.07, 6.45) is 5.10. The molecule has 0 N–H and O–H groups in total. The molecule has 0 unspecified atom stereocenters. The summed E-state index contributed by atoms with van der Waals surface area (Å²) in [4.78, 5) is 15.3. The number of halogens is 1. The van der Waals surface area contributed by atoms with Crippen molar-refractivity contribution in [3.05, 3.63) is 58.0 Å². The number of thiophene rings is 1. The molecule has 0 radical (unpaired) electrons. The number of hydrogen-bond donors (Lipinski definition) is 0. The molecule has 0 bridgehead atoms. The Bertz CT molecular complexity index is 678. The van der Waals surface area contributed by atoms with E-state index in [1.165, 1.54) is 12.1 Å². The molecule has 0 aliphatic carbocycles. The zero-order valence-electron chi connectivity index (χ0n) is 11.8. The van der Waals surface area contributed by atoms with Gasteiger partial charge in [-0.05, 0) is 61.1 Å². The zero-order chi connectivity index (χ0) is 14.8. The molecule has 0 saturated carbocycles. The van der Waals surface area contributed by atoms with Crippen molar-refractivity contribution in [3.8, 4) is 0 Å². The lowest BCUT2D eigenvalue weighted by atomic mass is 9.96. The summed E-state index contributed by atoms with van der Waals surface area (Å²) in [5.41, 5.74) is 1.74. The second-order valence-corrected chi connectivity index (χ2v) is 6.20. The number of anilines is 1. The second kappa shape index (κ2) is 5.82. The number of aryl methyl sites for hydroxylation is 1. The molecular weight excluding hydrogens is 285 g/mol. The fourth-order valence-corrected chi connectivity index (χ4v) is 3.29. The maximum Gasteiger partial charge on any atom is 0.251 e. The van der Waals surface area contributed by atoms with Gasteiger partial charge in [0.25, 0.3) is 5.91 Å². The molecule has 1 aromatic heterocycles. The first kappa shape index (κ1) is 14.0. The minimum atomic E-state index is -0.246. The Morgan fingerprint density at radius 2 is 2.29 bits per heavy atom. The lowest BCUT2D eigenvalue weighted by molar-refractivity contribution is -0.114. The van der Waals surface area contributed by atoms with Crippen LogP contribution in [0.15, 0.2) is 41.8 Å². The van der Waals surface area contributed by atoms with Crippen LogP contribution in [0, 0.1) is 5.82 Å². The van der Waals surface area contributed by atoms with Crippen molar-refractivity contribution in [2.45, 2.75) is 25.8 Å². The Morgan fingerprint density at radius 3 is 3.05 bits per heavy atom. The number of rotatable bonds is 2. The van der Waals surface area contributed by atoms with Gasteiger partial charge in [-0.1, -0.05) is 6.07 Å². The molecule has 3 rings (SSSR count). The van der Waals surface area contributed by atoms with E-state index in [-0.39, 0.29) is 17.8 Å². The van der Waals surface area contributed by atoms with Crippen LogP contribution in [-0.4, -0.2) is 11.9 Å². The summed E-state index contributed by atoms with van der Waals surface area (Å²) < 4.78 is 13.3. The van der Waals surface area contributed by atoms with Gasteiger partial charge in [-0.25, -0.2) is 4.39 Å². The monoisotopic (exact) mass is 301 g/mol. The normalized spacial score (nSPS) is 18.0. The molecule has 4 heteroatoms. The van der Waals surface area contributed by atoms with E-state index in [2.05, 4.69) is 0 Å². The quantitative estimate of drug-likeness (QED) is 0.759. The van der Waals surface area contributed by atoms with Crippen LogP contribution in [0.4, 0.5) is 10.1 Å². The molecule has 1 atom stereocenters. The third kappa shape index (κ3) is 2.90. The average Bonchev–Trinajstić information content (AvgIpc) is 2.98. The Morgan fingerprint density at radius 1 is 1.43 bits per heavy atom. The Hall–Kier alpha value is -1.94. The minimum Gasteiger partial charge on any atom is -0.306 e. The van der Waals surface area contributed by atoms with E-state index in [1.54, 1.807) is 28.4 Å². The van der Waals surface area contributed by atoms with Crippen LogP contribution >= 0.6 is 11.3 Å². The van der Waals surface area contributed by atoms with E-state index in [1.807, 2.05) is 30.5 Å². The van der Waals surface area contributed by atoms with Crippen LogP contribution in [0.25, 0.3) is 6.08 Å². The van der Waals surface area contributed by atoms with Crippen LogP contribution in [0.3, 0.4) is 0 Å². The summed E-state index contributed by atoms with van der Waals surface area (Å²) in [6.45, 7) is 2.03. The molecule has 2 heterocycles. The maximum atomic E-state index is 13.3. The lowest BCUT2D eigenvalue weighted by Crippen LogP contribution is -2.41. The molecule has 1 aromatic carbocycles. The second-order valence-electron chi connectivity index (χ2n) is 5.22. The number of fused-ring (bicyclic) bond motifs is 1. The van der Waals surface area contributed by atoms with Gasteiger partial charge < -0.3 is 4.90 Å². The largest absolute Gasteiger partial charge is 0.306 e. The molecular formula is C17H16FNOS. The number of carbonyl (C=O) groups is 1. The Labute approximate surface area is 127 Å². The highest BCUT2D eigenvalue weighted by atomic mass is 32.1. The number of nitrogens with zero attached hydrogens (tertiary/aromatic N) is 1. The van der Waals surface area contributed by atoms with E-state index in [0.29, 0.717) is 0 Å². The lowest BCUT2D eigenvalue weighted by Gasteiger charge is -2.34. The van der Waals surface area contributed by atoms with Crippen molar-refractivity contribution in [2.75, 3.05) is 4.90 Å². The SMILES string of the molecule is C[C@H]1CCc2cc(F)ccc2N1C(=O)/C=C/c1cccs1. The summed E-state index contributed by atoms with van der Waals surface area (Å²) in [7, 11) is 0. The molecule has 2 aromatic rings. The van der Waals surface area contributed by atoms with Gasteiger partial charge in [0.2, 0.25) is 0 Å². The first-order chi connectivity index (χ1) is 10.1. The van der Waals surface area contributed by atoms with Crippen LogP contribution in [0.1, 0.15) is 23.8 Å². The number of hydrogen-bond acceptors (Lipinski definition) is 2. The van der Waals surface area contributed by atoms with Crippen molar-refractivity contribution in [1.29, 1.82) is 0 Å². The Balaban J connectivity index is 1.89. The van der Waals surface area contributed by atoms with Crippen molar-refractivity contribution in [1.82, 2.24) is 0 Å². The fraction of sp³-hybridized carbons (Fsp3) is 0.235. The highest BCUT2D eigenvalue weighted by Gasteiger charge is 2.27.